The molecule has 0 amide bonds. The molecule has 1 aliphatic carbocycles. The Kier molecular flexibility index (Phi) is 5.49. The van der Waals surface area contributed by atoms with E-state index in [1.165, 1.54) is 12.8 Å². The highest BCUT2D eigenvalue weighted by molar-refractivity contribution is 6.32. The normalized spacial score (nSPS) is 24.6. The fourth-order valence-electron chi connectivity index (χ4n) is 5.22. The van der Waals surface area contributed by atoms with Gasteiger partial charge in [0, 0.05) is 16.6 Å². The number of fused-ring (bicyclic) bond motifs is 1. The number of aliphatic hydroxyl groups is 1. The molecular weight excluding hydrogens is 440 g/mol. The molecule has 2 saturated heterocycles. The summed E-state index contributed by atoms with van der Waals surface area (Å²) >= 11 is 6.70. The van der Waals surface area contributed by atoms with Crippen molar-refractivity contribution in [1.82, 2.24) is 24.6 Å². The molecule has 9 heteroatoms. The molecule has 1 saturated carbocycles. The SMILES string of the molecule is Cc1c(Nc2ncc3cc(Cl)c(C4CCN([C@@H]5COCC5O)CC4)cc3n2)cnn1C1CC1. The smallest absolute Gasteiger partial charge is 0.227 e. The lowest BCUT2D eigenvalue weighted by atomic mass is 9.88. The highest BCUT2D eigenvalue weighted by Crippen LogP contribution is 2.38. The summed E-state index contributed by atoms with van der Waals surface area (Å²) in [6.07, 6.45) is 7.71. The third kappa shape index (κ3) is 4.10. The maximum absolute atomic E-state index is 10.2. The molecule has 1 unspecified atom stereocenters. The molecule has 0 radical (unpaired) electrons. The van der Waals surface area contributed by atoms with Gasteiger partial charge in [-0.2, -0.15) is 5.10 Å². The molecular formula is C24H29ClN6O2. The van der Waals surface area contributed by atoms with Gasteiger partial charge < -0.3 is 15.2 Å². The third-order valence-electron chi connectivity index (χ3n) is 7.34. The number of nitrogens with zero attached hydrogens (tertiary/aromatic N) is 5. The largest absolute Gasteiger partial charge is 0.389 e. The third-order valence-corrected chi connectivity index (χ3v) is 7.67. The van der Waals surface area contributed by atoms with Crippen LogP contribution in [0.3, 0.4) is 0 Å². The van der Waals surface area contributed by atoms with E-state index >= 15 is 0 Å². The fraction of sp³-hybridized carbons (Fsp3) is 0.542. The van der Waals surface area contributed by atoms with Crippen molar-refractivity contribution in [2.45, 2.75) is 56.7 Å². The average molecular weight is 469 g/mol. The van der Waals surface area contributed by atoms with Crippen LogP contribution >= 0.6 is 11.6 Å². The van der Waals surface area contributed by atoms with E-state index in [1.807, 2.05) is 18.5 Å². The van der Waals surface area contributed by atoms with Crippen molar-refractivity contribution < 1.29 is 9.84 Å². The first-order valence-electron chi connectivity index (χ1n) is 11.8. The van der Waals surface area contributed by atoms with E-state index in [2.05, 4.69) is 38.0 Å². The van der Waals surface area contributed by atoms with Gasteiger partial charge in [-0.25, -0.2) is 9.97 Å². The maximum Gasteiger partial charge on any atom is 0.227 e. The van der Waals surface area contributed by atoms with Crippen molar-refractivity contribution in [2.75, 3.05) is 31.6 Å². The van der Waals surface area contributed by atoms with Crippen LogP contribution in [0.5, 0.6) is 0 Å². The highest BCUT2D eigenvalue weighted by Gasteiger charge is 2.34. The van der Waals surface area contributed by atoms with Crippen molar-refractivity contribution >= 4 is 34.1 Å². The standard InChI is InChI=1S/C24H29ClN6O2/c1-14-21(11-27-31(14)17-2-3-17)29-24-26-10-16-8-19(25)18(9-20(16)28-24)15-4-6-30(7-5-15)22-12-33-13-23(22)32/h8-11,15,17,22-23,32H,2-7,12-13H2,1H3,(H,26,28,29)/t22-,23?/m1/s1. The molecule has 3 aromatic rings. The average Bonchev–Trinajstić information content (AvgIpc) is 3.47. The Hall–Kier alpha value is -2.26. The van der Waals surface area contributed by atoms with Gasteiger partial charge in [-0.1, -0.05) is 11.6 Å². The minimum Gasteiger partial charge on any atom is -0.389 e. The van der Waals surface area contributed by atoms with Gasteiger partial charge >= 0.3 is 0 Å². The van der Waals surface area contributed by atoms with Crippen LogP contribution in [0.1, 0.15) is 48.9 Å². The first-order chi connectivity index (χ1) is 16.1. The second-order valence-corrected chi connectivity index (χ2v) is 9.96. The van der Waals surface area contributed by atoms with Crippen LogP contribution in [0.15, 0.2) is 24.5 Å². The fourth-order valence-corrected chi connectivity index (χ4v) is 5.54. The second kappa shape index (κ2) is 8.51. The summed E-state index contributed by atoms with van der Waals surface area (Å²) in [5.41, 5.74) is 4.10. The van der Waals surface area contributed by atoms with E-state index in [4.69, 9.17) is 21.3 Å². The molecule has 2 atom stereocenters. The lowest BCUT2D eigenvalue weighted by Gasteiger charge is -2.36. The summed E-state index contributed by atoms with van der Waals surface area (Å²) in [6, 6.07) is 4.76. The molecule has 1 aromatic carbocycles. The predicted molar refractivity (Wildman–Crippen MR) is 127 cm³/mol. The molecule has 2 aliphatic heterocycles. The second-order valence-electron chi connectivity index (χ2n) is 9.55. The summed E-state index contributed by atoms with van der Waals surface area (Å²) < 4.78 is 7.53. The molecule has 3 aliphatic rings. The molecule has 2 N–H and O–H groups in total. The van der Waals surface area contributed by atoms with Crippen LogP contribution in [-0.2, 0) is 4.74 Å². The monoisotopic (exact) mass is 468 g/mol. The van der Waals surface area contributed by atoms with Gasteiger partial charge in [-0.15, -0.1) is 0 Å². The predicted octanol–water partition coefficient (Wildman–Crippen LogP) is 3.81. The number of hydrogen-bond donors (Lipinski definition) is 2. The first-order valence-corrected chi connectivity index (χ1v) is 12.2. The van der Waals surface area contributed by atoms with Gasteiger partial charge in [0.15, 0.2) is 0 Å². The van der Waals surface area contributed by atoms with Crippen molar-refractivity contribution in [3.63, 3.8) is 0 Å². The van der Waals surface area contributed by atoms with Crippen LogP contribution < -0.4 is 5.32 Å². The van der Waals surface area contributed by atoms with Gasteiger partial charge in [-0.3, -0.25) is 9.58 Å². The topological polar surface area (TPSA) is 88.3 Å². The van der Waals surface area contributed by atoms with Crippen LogP contribution in [0.25, 0.3) is 10.9 Å². The van der Waals surface area contributed by atoms with Gasteiger partial charge in [0.05, 0.1) is 54.5 Å². The Bertz CT molecular complexity index is 1170. The van der Waals surface area contributed by atoms with Gasteiger partial charge in [-0.05, 0) is 69.3 Å². The number of rotatable bonds is 5. The number of nitrogens with one attached hydrogen (secondary N) is 1. The molecule has 2 aromatic heterocycles. The Balaban J connectivity index is 1.20. The quantitative estimate of drug-likeness (QED) is 0.588. The van der Waals surface area contributed by atoms with Crippen LogP contribution in [0.2, 0.25) is 5.02 Å². The number of anilines is 2. The van der Waals surface area contributed by atoms with Crippen molar-refractivity contribution in [3.8, 4) is 0 Å². The Morgan fingerprint density at radius 1 is 1.12 bits per heavy atom. The van der Waals surface area contributed by atoms with E-state index in [0.29, 0.717) is 31.1 Å². The summed E-state index contributed by atoms with van der Waals surface area (Å²) in [7, 11) is 0. The summed E-state index contributed by atoms with van der Waals surface area (Å²) in [5.74, 6) is 0.947. The lowest BCUT2D eigenvalue weighted by Crippen LogP contribution is -2.46. The van der Waals surface area contributed by atoms with Gasteiger partial charge in [0.2, 0.25) is 5.95 Å². The number of hydrogen-bond acceptors (Lipinski definition) is 7. The zero-order valence-corrected chi connectivity index (χ0v) is 19.5. The van der Waals surface area contributed by atoms with Crippen LogP contribution in [0.4, 0.5) is 11.6 Å². The van der Waals surface area contributed by atoms with E-state index in [-0.39, 0.29) is 12.1 Å². The summed E-state index contributed by atoms with van der Waals surface area (Å²) in [5, 5.41) is 19.7. The maximum atomic E-state index is 10.2. The van der Waals surface area contributed by atoms with Crippen molar-refractivity contribution in [1.29, 1.82) is 0 Å². The summed E-state index contributed by atoms with van der Waals surface area (Å²) in [6.45, 7) is 5.01. The molecule has 0 spiro atoms. The Labute approximate surface area is 197 Å². The first kappa shape index (κ1) is 21.3. The Morgan fingerprint density at radius 2 is 1.94 bits per heavy atom. The van der Waals surface area contributed by atoms with Crippen molar-refractivity contribution in [2.24, 2.45) is 0 Å². The molecule has 8 nitrogen and oxygen atoms in total. The van der Waals surface area contributed by atoms with Crippen LogP contribution in [-0.4, -0.2) is 68.2 Å². The molecule has 6 rings (SSSR count). The van der Waals surface area contributed by atoms with Crippen molar-refractivity contribution in [3.05, 3.63) is 40.8 Å². The lowest BCUT2D eigenvalue weighted by molar-refractivity contribution is 0.0663. The van der Waals surface area contributed by atoms with Gasteiger partial charge in [0.1, 0.15) is 0 Å². The van der Waals surface area contributed by atoms with E-state index in [1.54, 1.807) is 0 Å². The highest BCUT2D eigenvalue weighted by atomic mass is 35.5. The number of likely N-dealkylation sites (tertiary alicyclic amines) is 1. The molecule has 0 bridgehead atoms. The van der Waals surface area contributed by atoms with E-state index in [0.717, 1.165) is 58.8 Å². The minimum atomic E-state index is -0.381. The van der Waals surface area contributed by atoms with Gasteiger partial charge in [0.25, 0.3) is 0 Å². The number of benzene rings is 1. The van der Waals surface area contributed by atoms with Crippen LogP contribution in [0, 0.1) is 6.92 Å². The number of ether oxygens (including phenoxy) is 1. The van der Waals surface area contributed by atoms with E-state index < -0.39 is 0 Å². The number of aromatic nitrogens is 4. The number of piperidine rings is 1. The molecule has 33 heavy (non-hydrogen) atoms. The zero-order chi connectivity index (χ0) is 22.5. The zero-order valence-electron chi connectivity index (χ0n) is 18.7. The Morgan fingerprint density at radius 3 is 2.67 bits per heavy atom. The molecule has 3 fully saturated rings. The molecule has 4 heterocycles. The molecule has 174 valence electrons. The van der Waals surface area contributed by atoms with E-state index in [9.17, 15) is 5.11 Å². The number of aliphatic hydroxyl groups excluding tert-OH is 1. The summed E-state index contributed by atoms with van der Waals surface area (Å²) in [4.78, 5) is 11.6. The number of halogens is 1. The minimum absolute atomic E-state index is 0.118.